The lowest BCUT2D eigenvalue weighted by Gasteiger charge is -2.14. The van der Waals surface area contributed by atoms with Crippen molar-refractivity contribution < 1.29 is 14.3 Å². The van der Waals surface area contributed by atoms with E-state index in [-0.39, 0.29) is 12.3 Å². The van der Waals surface area contributed by atoms with Crippen LogP contribution in [-0.2, 0) is 20.7 Å². The molecule has 0 aromatic heterocycles. The Bertz CT molecular complexity index is 885. The molecule has 0 unspecified atom stereocenters. The molecule has 0 radical (unpaired) electrons. The standard InChI is InChI=1S/C21H19NO3/c1-15(21(24)22-18-11-3-2-4-12-18)25-20(23)14-17-10-7-9-16-8-5-6-13-19(16)17/h2-13,15H,14H2,1H3,(H,22,24)/t15-/m1/s1. The quantitative estimate of drug-likeness (QED) is 0.719. The number of anilines is 1. The number of carbonyl (C=O) groups is 2. The average Bonchev–Trinajstić information content (AvgIpc) is 2.63. The molecular weight excluding hydrogens is 314 g/mol. The maximum absolute atomic E-state index is 12.2. The van der Waals surface area contributed by atoms with Crippen LogP contribution in [0.2, 0.25) is 0 Å². The second kappa shape index (κ2) is 7.62. The average molecular weight is 333 g/mol. The minimum atomic E-state index is -0.859. The Morgan fingerprint density at radius 2 is 1.60 bits per heavy atom. The second-order valence-electron chi connectivity index (χ2n) is 5.80. The monoisotopic (exact) mass is 333 g/mol. The summed E-state index contributed by atoms with van der Waals surface area (Å²) in [5.41, 5.74) is 1.56. The number of para-hydroxylation sites is 1. The Morgan fingerprint density at radius 3 is 2.40 bits per heavy atom. The van der Waals surface area contributed by atoms with Gasteiger partial charge >= 0.3 is 5.97 Å². The molecular formula is C21H19NO3. The van der Waals surface area contributed by atoms with Crippen LogP contribution < -0.4 is 5.32 Å². The van der Waals surface area contributed by atoms with Crippen LogP contribution in [0.3, 0.4) is 0 Å². The minimum Gasteiger partial charge on any atom is -0.452 e. The van der Waals surface area contributed by atoms with E-state index in [4.69, 9.17) is 4.74 Å². The molecule has 3 aromatic carbocycles. The largest absolute Gasteiger partial charge is 0.452 e. The van der Waals surface area contributed by atoms with Gasteiger partial charge in [0, 0.05) is 5.69 Å². The lowest BCUT2D eigenvalue weighted by molar-refractivity contribution is -0.152. The number of fused-ring (bicyclic) bond motifs is 1. The Hall–Kier alpha value is -3.14. The maximum atomic E-state index is 12.2. The number of benzene rings is 3. The summed E-state index contributed by atoms with van der Waals surface area (Å²) >= 11 is 0. The van der Waals surface area contributed by atoms with Crippen LogP contribution in [0.5, 0.6) is 0 Å². The van der Waals surface area contributed by atoms with Crippen molar-refractivity contribution in [1.82, 2.24) is 0 Å². The fourth-order valence-electron chi connectivity index (χ4n) is 2.66. The van der Waals surface area contributed by atoms with Gasteiger partial charge in [0.15, 0.2) is 6.10 Å². The summed E-state index contributed by atoms with van der Waals surface area (Å²) < 4.78 is 5.29. The molecule has 0 aliphatic heterocycles. The van der Waals surface area contributed by atoms with Gasteiger partial charge in [-0.15, -0.1) is 0 Å². The molecule has 0 saturated heterocycles. The lowest BCUT2D eigenvalue weighted by atomic mass is 10.0. The third kappa shape index (κ3) is 4.23. The predicted octanol–water partition coefficient (Wildman–Crippen LogP) is 3.95. The Labute approximate surface area is 146 Å². The molecule has 3 rings (SSSR count). The summed E-state index contributed by atoms with van der Waals surface area (Å²) in [6, 6.07) is 22.8. The zero-order valence-electron chi connectivity index (χ0n) is 13.9. The molecule has 3 aromatic rings. The fourth-order valence-corrected chi connectivity index (χ4v) is 2.66. The third-order valence-electron chi connectivity index (χ3n) is 3.93. The predicted molar refractivity (Wildman–Crippen MR) is 98.3 cm³/mol. The van der Waals surface area contributed by atoms with E-state index in [1.165, 1.54) is 0 Å². The first-order valence-electron chi connectivity index (χ1n) is 8.15. The van der Waals surface area contributed by atoms with Crippen molar-refractivity contribution >= 4 is 28.3 Å². The van der Waals surface area contributed by atoms with Crippen molar-refractivity contribution in [3.05, 3.63) is 78.4 Å². The molecule has 4 nitrogen and oxygen atoms in total. The molecule has 126 valence electrons. The number of esters is 1. The van der Waals surface area contributed by atoms with Gasteiger partial charge in [-0.1, -0.05) is 60.7 Å². The van der Waals surface area contributed by atoms with Gasteiger partial charge in [0.05, 0.1) is 6.42 Å². The SMILES string of the molecule is C[C@@H](OC(=O)Cc1cccc2ccccc12)C(=O)Nc1ccccc1. The number of rotatable bonds is 5. The van der Waals surface area contributed by atoms with E-state index in [0.29, 0.717) is 5.69 Å². The van der Waals surface area contributed by atoms with Gasteiger partial charge in [0.1, 0.15) is 0 Å². The van der Waals surface area contributed by atoms with Gasteiger partial charge in [-0.05, 0) is 35.4 Å². The summed E-state index contributed by atoms with van der Waals surface area (Å²) in [4.78, 5) is 24.3. The van der Waals surface area contributed by atoms with E-state index in [2.05, 4.69) is 5.32 Å². The first-order chi connectivity index (χ1) is 12.1. The third-order valence-corrected chi connectivity index (χ3v) is 3.93. The van der Waals surface area contributed by atoms with Crippen molar-refractivity contribution in [2.45, 2.75) is 19.4 Å². The maximum Gasteiger partial charge on any atom is 0.311 e. The van der Waals surface area contributed by atoms with Crippen LogP contribution in [0.4, 0.5) is 5.69 Å². The van der Waals surface area contributed by atoms with Crippen molar-refractivity contribution in [1.29, 1.82) is 0 Å². The van der Waals surface area contributed by atoms with Crippen LogP contribution in [-0.4, -0.2) is 18.0 Å². The smallest absolute Gasteiger partial charge is 0.311 e. The highest BCUT2D eigenvalue weighted by Crippen LogP contribution is 2.19. The first-order valence-corrected chi connectivity index (χ1v) is 8.15. The normalized spacial score (nSPS) is 11.7. The summed E-state index contributed by atoms with van der Waals surface area (Å²) in [5.74, 6) is -0.774. The van der Waals surface area contributed by atoms with Gasteiger partial charge in [-0.25, -0.2) is 0 Å². The zero-order chi connectivity index (χ0) is 17.6. The first kappa shape index (κ1) is 16.7. The molecule has 0 saturated carbocycles. The summed E-state index contributed by atoms with van der Waals surface area (Å²) in [7, 11) is 0. The van der Waals surface area contributed by atoms with Gasteiger partial charge in [-0.3, -0.25) is 9.59 Å². The number of hydrogen-bond donors (Lipinski definition) is 1. The van der Waals surface area contributed by atoms with Gasteiger partial charge < -0.3 is 10.1 Å². The molecule has 1 amide bonds. The van der Waals surface area contributed by atoms with Crippen LogP contribution in [0.15, 0.2) is 72.8 Å². The topological polar surface area (TPSA) is 55.4 Å². The van der Waals surface area contributed by atoms with Crippen LogP contribution >= 0.6 is 0 Å². The highest BCUT2D eigenvalue weighted by molar-refractivity contribution is 5.95. The van der Waals surface area contributed by atoms with E-state index < -0.39 is 12.1 Å². The summed E-state index contributed by atoms with van der Waals surface area (Å²) in [6.45, 7) is 1.57. The molecule has 0 aliphatic carbocycles. The molecule has 1 N–H and O–H groups in total. The van der Waals surface area contributed by atoms with Gasteiger partial charge in [0.2, 0.25) is 0 Å². The van der Waals surface area contributed by atoms with E-state index in [0.717, 1.165) is 16.3 Å². The van der Waals surface area contributed by atoms with Crippen molar-refractivity contribution in [3.63, 3.8) is 0 Å². The highest BCUT2D eigenvalue weighted by Gasteiger charge is 2.18. The number of carbonyl (C=O) groups excluding carboxylic acids is 2. The highest BCUT2D eigenvalue weighted by atomic mass is 16.5. The van der Waals surface area contributed by atoms with E-state index in [1.807, 2.05) is 60.7 Å². The number of ether oxygens (including phenoxy) is 1. The Morgan fingerprint density at radius 1 is 0.920 bits per heavy atom. The lowest BCUT2D eigenvalue weighted by Crippen LogP contribution is -2.30. The van der Waals surface area contributed by atoms with Crippen molar-refractivity contribution in [3.8, 4) is 0 Å². The Balaban J connectivity index is 1.62. The second-order valence-corrected chi connectivity index (χ2v) is 5.80. The Kier molecular flexibility index (Phi) is 5.09. The van der Waals surface area contributed by atoms with Crippen LogP contribution in [0.1, 0.15) is 12.5 Å². The van der Waals surface area contributed by atoms with Crippen LogP contribution in [0, 0.1) is 0 Å². The summed E-state index contributed by atoms with van der Waals surface area (Å²) in [6.07, 6.45) is -0.729. The molecule has 0 bridgehead atoms. The molecule has 0 aliphatic rings. The molecule has 0 spiro atoms. The fraction of sp³-hybridized carbons (Fsp3) is 0.143. The zero-order valence-corrected chi connectivity index (χ0v) is 13.9. The number of amides is 1. The molecule has 25 heavy (non-hydrogen) atoms. The number of hydrogen-bond acceptors (Lipinski definition) is 3. The van der Waals surface area contributed by atoms with Gasteiger partial charge in [-0.2, -0.15) is 0 Å². The van der Waals surface area contributed by atoms with Gasteiger partial charge in [0.25, 0.3) is 5.91 Å². The number of nitrogens with one attached hydrogen (secondary N) is 1. The molecule has 4 heteroatoms. The van der Waals surface area contributed by atoms with Crippen molar-refractivity contribution in [2.75, 3.05) is 5.32 Å². The van der Waals surface area contributed by atoms with Crippen molar-refractivity contribution in [2.24, 2.45) is 0 Å². The van der Waals surface area contributed by atoms with E-state index in [1.54, 1.807) is 19.1 Å². The summed E-state index contributed by atoms with van der Waals surface area (Å²) in [5, 5.41) is 4.81. The van der Waals surface area contributed by atoms with Crippen LogP contribution in [0.25, 0.3) is 10.8 Å². The molecule has 1 atom stereocenters. The van der Waals surface area contributed by atoms with E-state index in [9.17, 15) is 9.59 Å². The minimum absolute atomic E-state index is 0.129. The van der Waals surface area contributed by atoms with E-state index >= 15 is 0 Å². The molecule has 0 fully saturated rings. The molecule has 0 heterocycles.